The molecule has 2 nitrogen and oxygen atoms in total. The smallest absolute Gasteiger partial charge is 0.191 e. The van der Waals surface area contributed by atoms with Crippen molar-refractivity contribution in [3.8, 4) is 0 Å². The highest BCUT2D eigenvalue weighted by Crippen LogP contribution is 2.36. The molecule has 0 aliphatic heterocycles. The molecule has 0 unspecified atom stereocenters. The first kappa shape index (κ1) is 16.4. The van der Waals surface area contributed by atoms with Crippen LogP contribution in [0.15, 0.2) is 24.3 Å². The maximum atomic E-state index is 9.29. The van der Waals surface area contributed by atoms with E-state index in [2.05, 4.69) is 39.9 Å². The van der Waals surface area contributed by atoms with Gasteiger partial charge in [-0.2, -0.15) is 0 Å². The average molecular weight is 280 g/mol. The fourth-order valence-electron chi connectivity index (χ4n) is 1.76. The topological polar surface area (TPSA) is 29.5 Å². The third-order valence-corrected chi connectivity index (χ3v) is 8.69. The number of rotatable bonds is 6. The van der Waals surface area contributed by atoms with E-state index in [9.17, 15) is 5.11 Å². The van der Waals surface area contributed by atoms with Crippen LogP contribution in [-0.4, -0.2) is 20.0 Å². The summed E-state index contributed by atoms with van der Waals surface area (Å²) < 4.78 is 6.17. The lowest BCUT2D eigenvalue weighted by molar-refractivity contribution is 0.275. The molecule has 0 heterocycles. The second-order valence-electron chi connectivity index (χ2n) is 6.64. The summed E-state index contributed by atoms with van der Waals surface area (Å²) in [4.78, 5) is 0. The molecular formula is C16H28O2Si. The maximum Gasteiger partial charge on any atom is 0.191 e. The van der Waals surface area contributed by atoms with Gasteiger partial charge >= 0.3 is 0 Å². The van der Waals surface area contributed by atoms with E-state index in [1.54, 1.807) is 0 Å². The molecule has 0 amide bonds. The van der Waals surface area contributed by atoms with Crippen molar-refractivity contribution in [2.24, 2.45) is 0 Å². The van der Waals surface area contributed by atoms with Crippen LogP contribution in [-0.2, 0) is 17.5 Å². The summed E-state index contributed by atoms with van der Waals surface area (Å²) in [5, 5.41) is 9.56. The van der Waals surface area contributed by atoms with Crippen molar-refractivity contribution in [1.29, 1.82) is 0 Å². The fraction of sp³-hybridized carbons (Fsp3) is 0.625. The lowest BCUT2D eigenvalue weighted by atomic mass is 10.0. The Bertz CT molecular complexity index is 394. The molecule has 19 heavy (non-hydrogen) atoms. The minimum Gasteiger partial charge on any atom is -0.417 e. The van der Waals surface area contributed by atoms with Gasteiger partial charge in [0.05, 0.1) is 6.61 Å². The number of hydrogen-bond acceptors (Lipinski definition) is 2. The summed E-state index contributed by atoms with van der Waals surface area (Å²) in [6.07, 6.45) is 1.99. The van der Waals surface area contributed by atoms with Crippen molar-refractivity contribution < 1.29 is 9.53 Å². The molecule has 0 saturated carbocycles. The molecule has 0 aliphatic rings. The standard InChI is InChI=1S/C16H28O2Si/c1-16(2,3)19(4,5)18-12-8-11-14-9-6-7-10-15(14)13-17/h6-7,9-10,17H,8,11-13H2,1-5H3. The second kappa shape index (κ2) is 6.68. The van der Waals surface area contributed by atoms with Crippen molar-refractivity contribution in [2.75, 3.05) is 6.61 Å². The first-order chi connectivity index (χ1) is 8.78. The lowest BCUT2D eigenvalue weighted by Gasteiger charge is -2.36. The molecule has 0 aliphatic carbocycles. The summed E-state index contributed by atoms with van der Waals surface area (Å²) >= 11 is 0. The van der Waals surface area contributed by atoms with Crippen molar-refractivity contribution in [3.63, 3.8) is 0 Å². The monoisotopic (exact) mass is 280 g/mol. The zero-order valence-corrected chi connectivity index (χ0v) is 14.0. The molecule has 108 valence electrons. The van der Waals surface area contributed by atoms with E-state index in [-0.39, 0.29) is 11.6 Å². The van der Waals surface area contributed by atoms with Crippen LogP contribution in [0.3, 0.4) is 0 Å². The normalized spacial score (nSPS) is 12.7. The van der Waals surface area contributed by atoms with Crippen molar-refractivity contribution >= 4 is 8.32 Å². The van der Waals surface area contributed by atoms with Crippen molar-refractivity contribution in [1.82, 2.24) is 0 Å². The quantitative estimate of drug-likeness (QED) is 0.627. The summed E-state index contributed by atoms with van der Waals surface area (Å²) in [5.74, 6) is 0. The van der Waals surface area contributed by atoms with Gasteiger partial charge < -0.3 is 9.53 Å². The van der Waals surface area contributed by atoms with E-state index in [4.69, 9.17) is 4.43 Å². The van der Waals surface area contributed by atoms with Gasteiger partial charge in [-0.15, -0.1) is 0 Å². The molecular weight excluding hydrogens is 252 g/mol. The van der Waals surface area contributed by atoms with Gasteiger partial charge in [0.1, 0.15) is 0 Å². The summed E-state index contributed by atoms with van der Waals surface area (Å²) in [6.45, 7) is 12.3. The average Bonchev–Trinajstić information content (AvgIpc) is 2.33. The Morgan fingerprint density at radius 1 is 1.11 bits per heavy atom. The van der Waals surface area contributed by atoms with Gasteiger partial charge in [-0.25, -0.2) is 0 Å². The van der Waals surface area contributed by atoms with E-state index < -0.39 is 8.32 Å². The molecule has 0 spiro atoms. The number of aliphatic hydroxyl groups is 1. The van der Waals surface area contributed by atoms with E-state index >= 15 is 0 Å². The third-order valence-electron chi connectivity index (χ3n) is 4.15. The van der Waals surface area contributed by atoms with Gasteiger partial charge in [0.15, 0.2) is 8.32 Å². The van der Waals surface area contributed by atoms with Crippen LogP contribution in [0.5, 0.6) is 0 Å². The van der Waals surface area contributed by atoms with Gasteiger partial charge in [0, 0.05) is 6.61 Å². The first-order valence-corrected chi connectivity index (χ1v) is 10.0. The van der Waals surface area contributed by atoms with Crippen LogP contribution in [0.4, 0.5) is 0 Å². The van der Waals surface area contributed by atoms with Crippen LogP contribution in [0.2, 0.25) is 18.1 Å². The molecule has 0 aromatic heterocycles. The maximum absolute atomic E-state index is 9.29. The van der Waals surface area contributed by atoms with Crippen LogP contribution >= 0.6 is 0 Å². The van der Waals surface area contributed by atoms with Crippen LogP contribution in [0, 0.1) is 0 Å². The Hall–Kier alpha value is -0.643. The minimum atomic E-state index is -1.61. The number of aliphatic hydroxyl groups excluding tert-OH is 1. The Labute approximate surface area is 118 Å². The molecule has 0 fully saturated rings. The summed E-state index contributed by atoms with van der Waals surface area (Å²) in [6, 6.07) is 8.09. The third kappa shape index (κ3) is 4.75. The molecule has 1 N–H and O–H groups in total. The molecule has 1 aromatic carbocycles. The van der Waals surface area contributed by atoms with Gasteiger partial charge in [0.2, 0.25) is 0 Å². The zero-order valence-electron chi connectivity index (χ0n) is 13.0. The molecule has 1 rings (SSSR count). The fourth-order valence-corrected chi connectivity index (χ4v) is 2.85. The summed E-state index contributed by atoms with van der Waals surface area (Å²) in [5.41, 5.74) is 2.28. The molecule has 0 bridgehead atoms. The highest BCUT2D eigenvalue weighted by Gasteiger charge is 2.36. The highest BCUT2D eigenvalue weighted by atomic mass is 28.4. The van der Waals surface area contributed by atoms with Crippen LogP contribution in [0.1, 0.15) is 38.3 Å². The zero-order chi connectivity index (χ0) is 14.5. The van der Waals surface area contributed by atoms with E-state index in [0.717, 1.165) is 25.0 Å². The molecule has 3 heteroatoms. The number of hydrogen-bond donors (Lipinski definition) is 1. The number of benzene rings is 1. The van der Waals surface area contributed by atoms with Crippen molar-refractivity contribution in [3.05, 3.63) is 35.4 Å². The van der Waals surface area contributed by atoms with Gasteiger partial charge in [0.25, 0.3) is 0 Å². The van der Waals surface area contributed by atoms with Crippen LogP contribution < -0.4 is 0 Å². The molecule has 0 saturated heterocycles. The number of aryl methyl sites for hydroxylation is 1. The molecule has 1 aromatic rings. The van der Waals surface area contributed by atoms with E-state index in [0.29, 0.717) is 0 Å². The highest BCUT2D eigenvalue weighted by molar-refractivity contribution is 6.74. The van der Waals surface area contributed by atoms with E-state index in [1.807, 2.05) is 18.2 Å². The lowest BCUT2D eigenvalue weighted by Crippen LogP contribution is -2.41. The van der Waals surface area contributed by atoms with Gasteiger partial charge in [-0.05, 0) is 42.1 Å². The molecule has 0 atom stereocenters. The second-order valence-corrected chi connectivity index (χ2v) is 11.4. The Balaban J connectivity index is 2.43. The van der Waals surface area contributed by atoms with Gasteiger partial charge in [-0.3, -0.25) is 0 Å². The first-order valence-electron chi connectivity index (χ1n) is 7.09. The van der Waals surface area contributed by atoms with Crippen molar-refractivity contribution in [2.45, 2.75) is 58.4 Å². The summed E-state index contributed by atoms with van der Waals surface area (Å²) in [7, 11) is -1.61. The predicted octanol–water partition coefficient (Wildman–Crippen LogP) is 4.13. The van der Waals surface area contributed by atoms with Gasteiger partial charge in [-0.1, -0.05) is 45.0 Å². The van der Waals surface area contributed by atoms with E-state index in [1.165, 1.54) is 5.56 Å². The Morgan fingerprint density at radius 2 is 1.68 bits per heavy atom. The minimum absolute atomic E-state index is 0.124. The Kier molecular flexibility index (Phi) is 5.77. The SMILES string of the molecule is CC(C)(C)[Si](C)(C)OCCCc1ccccc1CO. The van der Waals surface area contributed by atoms with Crippen LogP contribution in [0.25, 0.3) is 0 Å². The Morgan fingerprint density at radius 3 is 2.21 bits per heavy atom. The predicted molar refractivity (Wildman–Crippen MR) is 83.8 cm³/mol. The largest absolute Gasteiger partial charge is 0.417 e. The molecule has 0 radical (unpaired) electrons.